The molecule has 3 heterocycles. The van der Waals surface area contributed by atoms with Crippen molar-refractivity contribution in [2.24, 2.45) is 0 Å². The van der Waals surface area contributed by atoms with Crippen LogP contribution < -0.4 is 0 Å². The Morgan fingerprint density at radius 1 is 1.32 bits per heavy atom. The molecule has 0 aliphatic carbocycles. The number of ether oxygens (including phenoxy) is 1. The SMILES string of the molecule is CCCn1ncc(CN2C[C@H](O)[C@@H](N3CCOCC3)C2)c1C. The summed E-state index contributed by atoms with van der Waals surface area (Å²) in [5.74, 6) is 0. The van der Waals surface area contributed by atoms with Crippen LogP contribution >= 0.6 is 0 Å². The average molecular weight is 308 g/mol. The van der Waals surface area contributed by atoms with E-state index in [9.17, 15) is 5.11 Å². The Morgan fingerprint density at radius 2 is 2.09 bits per heavy atom. The standard InChI is InChI=1S/C16H28N4O2/c1-3-4-20-13(2)14(9-17-20)10-18-11-15(16(21)12-18)19-5-7-22-8-6-19/h9,15-16,21H,3-8,10-12H2,1-2H3/t15-,16-/m0/s1. The molecule has 3 rings (SSSR count). The van der Waals surface area contributed by atoms with Gasteiger partial charge in [0.05, 0.1) is 25.5 Å². The van der Waals surface area contributed by atoms with Crippen LogP contribution in [-0.2, 0) is 17.8 Å². The first-order valence-electron chi connectivity index (χ1n) is 8.42. The molecule has 1 N–H and O–H groups in total. The highest BCUT2D eigenvalue weighted by Crippen LogP contribution is 2.21. The molecule has 0 spiro atoms. The second kappa shape index (κ2) is 7.08. The highest BCUT2D eigenvalue weighted by Gasteiger charge is 2.36. The normalized spacial score (nSPS) is 27.6. The molecule has 1 aromatic heterocycles. The molecule has 2 saturated heterocycles. The lowest BCUT2D eigenvalue weighted by atomic mass is 10.1. The molecule has 2 aliphatic heterocycles. The minimum Gasteiger partial charge on any atom is -0.390 e. The smallest absolute Gasteiger partial charge is 0.0834 e. The number of aliphatic hydroxyl groups is 1. The Kier molecular flexibility index (Phi) is 5.13. The number of β-amino-alcohol motifs (C(OH)–C–C–N with tert-alkyl or cyclic N) is 1. The van der Waals surface area contributed by atoms with Crippen LogP contribution in [0, 0.1) is 6.92 Å². The molecule has 0 radical (unpaired) electrons. The summed E-state index contributed by atoms with van der Waals surface area (Å²) in [6.07, 6.45) is 2.83. The first-order valence-corrected chi connectivity index (χ1v) is 8.42. The lowest BCUT2D eigenvalue weighted by molar-refractivity contribution is -0.00618. The minimum atomic E-state index is -0.260. The van der Waals surface area contributed by atoms with E-state index in [0.717, 1.165) is 58.9 Å². The molecule has 1 aromatic rings. The van der Waals surface area contributed by atoms with E-state index >= 15 is 0 Å². The monoisotopic (exact) mass is 308 g/mol. The number of nitrogens with zero attached hydrogens (tertiary/aromatic N) is 4. The molecule has 0 amide bonds. The summed E-state index contributed by atoms with van der Waals surface area (Å²) in [5, 5.41) is 14.9. The van der Waals surface area contributed by atoms with E-state index in [1.54, 1.807) is 0 Å². The minimum absolute atomic E-state index is 0.245. The highest BCUT2D eigenvalue weighted by molar-refractivity contribution is 5.16. The van der Waals surface area contributed by atoms with Crippen molar-refractivity contribution in [2.75, 3.05) is 39.4 Å². The molecule has 0 aromatic carbocycles. The fourth-order valence-electron chi connectivity index (χ4n) is 3.56. The maximum atomic E-state index is 10.4. The van der Waals surface area contributed by atoms with Crippen LogP contribution in [0.4, 0.5) is 0 Å². The molecule has 0 saturated carbocycles. The fourth-order valence-corrected chi connectivity index (χ4v) is 3.56. The van der Waals surface area contributed by atoms with Gasteiger partial charge in [0, 0.05) is 56.6 Å². The van der Waals surface area contributed by atoms with Gasteiger partial charge in [-0.05, 0) is 13.3 Å². The van der Waals surface area contributed by atoms with Crippen LogP contribution in [0.5, 0.6) is 0 Å². The van der Waals surface area contributed by atoms with Gasteiger partial charge in [0.1, 0.15) is 0 Å². The van der Waals surface area contributed by atoms with E-state index in [0.29, 0.717) is 0 Å². The zero-order valence-corrected chi connectivity index (χ0v) is 13.7. The summed E-state index contributed by atoms with van der Waals surface area (Å²) in [6.45, 7) is 11.3. The zero-order chi connectivity index (χ0) is 15.5. The Bertz CT molecular complexity index is 484. The van der Waals surface area contributed by atoms with Gasteiger partial charge in [0.25, 0.3) is 0 Å². The predicted molar refractivity (Wildman–Crippen MR) is 84.7 cm³/mol. The van der Waals surface area contributed by atoms with Crippen LogP contribution in [0.25, 0.3) is 0 Å². The van der Waals surface area contributed by atoms with Gasteiger partial charge in [-0.2, -0.15) is 5.10 Å². The first kappa shape index (κ1) is 15.9. The molecular weight excluding hydrogens is 280 g/mol. The van der Waals surface area contributed by atoms with Crippen molar-refractivity contribution in [3.8, 4) is 0 Å². The van der Waals surface area contributed by atoms with E-state index in [4.69, 9.17) is 4.74 Å². The van der Waals surface area contributed by atoms with Crippen molar-refractivity contribution in [1.29, 1.82) is 0 Å². The third-order valence-corrected chi connectivity index (χ3v) is 4.88. The molecule has 6 nitrogen and oxygen atoms in total. The molecular formula is C16H28N4O2. The van der Waals surface area contributed by atoms with Crippen LogP contribution in [0.2, 0.25) is 0 Å². The summed E-state index contributed by atoms with van der Waals surface area (Å²) in [6, 6.07) is 0.245. The number of aryl methyl sites for hydroxylation is 1. The second-order valence-corrected chi connectivity index (χ2v) is 6.46. The maximum absolute atomic E-state index is 10.4. The summed E-state index contributed by atoms with van der Waals surface area (Å²) in [7, 11) is 0. The highest BCUT2D eigenvalue weighted by atomic mass is 16.5. The maximum Gasteiger partial charge on any atom is 0.0834 e. The van der Waals surface area contributed by atoms with E-state index in [-0.39, 0.29) is 12.1 Å². The van der Waals surface area contributed by atoms with Crippen molar-refractivity contribution in [2.45, 2.75) is 45.5 Å². The lowest BCUT2D eigenvalue weighted by Crippen LogP contribution is -2.48. The fraction of sp³-hybridized carbons (Fsp3) is 0.812. The summed E-state index contributed by atoms with van der Waals surface area (Å²) < 4.78 is 7.50. The third-order valence-electron chi connectivity index (χ3n) is 4.88. The van der Waals surface area contributed by atoms with Gasteiger partial charge in [-0.25, -0.2) is 0 Å². The van der Waals surface area contributed by atoms with E-state index in [2.05, 4.69) is 33.4 Å². The van der Waals surface area contributed by atoms with Crippen molar-refractivity contribution in [3.63, 3.8) is 0 Å². The Hall–Kier alpha value is -0.950. The largest absolute Gasteiger partial charge is 0.390 e. The van der Waals surface area contributed by atoms with Crippen LogP contribution in [0.3, 0.4) is 0 Å². The zero-order valence-electron chi connectivity index (χ0n) is 13.7. The third kappa shape index (κ3) is 3.35. The summed E-state index contributed by atoms with van der Waals surface area (Å²) >= 11 is 0. The van der Waals surface area contributed by atoms with Gasteiger partial charge in [-0.3, -0.25) is 14.5 Å². The second-order valence-electron chi connectivity index (χ2n) is 6.46. The number of likely N-dealkylation sites (tertiary alicyclic amines) is 1. The lowest BCUT2D eigenvalue weighted by Gasteiger charge is -2.33. The number of hydrogen-bond donors (Lipinski definition) is 1. The van der Waals surface area contributed by atoms with Gasteiger partial charge < -0.3 is 9.84 Å². The topological polar surface area (TPSA) is 53.8 Å². The number of aromatic nitrogens is 2. The molecule has 124 valence electrons. The number of morpholine rings is 1. The average Bonchev–Trinajstić information content (AvgIpc) is 3.06. The van der Waals surface area contributed by atoms with Gasteiger partial charge in [0.15, 0.2) is 0 Å². The Labute approximate surface area is 132 Å². The quantitative estimate of drug-likeness (QED) is 0.857. The van der Waals surface area contributed by atoms with E-state index in [1.807, 2.05) is 6.20 Å². The number of rotatable bonds is 5. The van der Waals surface area contributed by atoms with Crippen molar-refractivity contribution < 1.29 is 9.84 Å². The Morgan fingerprint density at radius 3 is 2.82 bits per heavy atom. The number of aliphatic hydroxyl groups excluding tert-OH is 1. The molecule has 0 bridgehead atoms. The van der Waals surface area contributed by atoms with Crippen LogP contribution in [0.15, 0.2) is 6.20 Å². The number of hydrogen-bond acceptors (Lipinski definition) is 5. The molecule has 6 heteroatoms. The van der Waals surface area contributed by atoms with Crippen LogP contribution in [0.1, 0.15) is 24.6 Å². The Balaban J connectivity index is 1.60. The summed E-state index contributed by atoms with van der Waals surface area (Å²) in [4.78, 5) is 4.73. The van der Waals surface area contributed by atoms with E-state index in [1.165, 1.54) is 11.3 Å². The summed E-state index contributed by atoms with van der Waals surface area (Å²) in [5.41, 5.74) is 2.54. The van der Waals surface area contributed by atoms with Gasteiger partial charge in [0.2, 0.25) is 0 Å². The van der Waals surface area contributed by atoms with Gasteiger partial charge in [-0.15, -0.1) is 0 Å². The van der Waals surface area contributed by atoms with Crippen molar-refractivity contribution >= 4 is 0 Å². The molecule has 2 aliphatic rings. The molecule has 22 heavy (non-hydrogen) atoms. The van der Waals surface area contributed by atoms with Gasteiger partial charge >= 0.3 is 0 Å². The van der Waals surface area contributed by atoms with Crippen LogP contribution in [-0.4, -0.2) is 76.2 Å². The van der Waals surface area contributed by atoms with Gasteiger partial charge in [-0.1, -0.05) is 6.92 Å². The molecule has 0 unspecified atom stereocenters. The molecule has 2 atom stereocenters. The van der Waals surface area contributed by atoms with Crippen molar-refractivity contribution in [3.05, 3.63) is 17.5 Å². The predicted octanol–water partition coefficient (Wildman–Crippen LogP) is 0.479. The van der Waals surface area contributed by atoms with Crippen molar-refractivity contribution in [1.82, 2.24) is 19.6 Å². The molecule has 2 fully saturated rings. The first-order chi connectivity index (χ1) is 10.7. The van der Waals surface area contributed by atoms with E-state index < -0.39 is 0 Å².